The fraction of sp³-hybridized carbons (Fsp3) is 0.588. The maximum Gasteiger partial charge on any atom is 0.326 e. The van der Waals surface area contributed by atoms with Gasteiger partial charge in [-0.15, -0.1) is 0 Å². The standard InChI is InChI=1S/C17H28N6O5/c1-8(2)13(23-15(25)10(4)21-14(24)9(3)18)16(26)22-12(17(27)28)5-11-6-19-7-20-11/h6-10,12-13H,5,18H2,1-4H3,(H,19,20)(H,21,24)(H,22,26)(H,23,25)(H,27,28). The number of rotatable bonds is 10. The van der Waals surface area contributed by atoms with Crippen molar-refractivity contribution >= 4 is 23.7 Å². The van der Waals surface area contributed by atoms with Gasteiger partial charge in [0.1, 0.15) is 18.1 Å². The Labute approximate surface area is 162 Å². The Hall–Kier alpha value is -2.95. The Morgan fingerprint density at radius 3 is 2.18 bits per heavy atom. The summed E-state index contributed by atoms with van der Waals surface area (Å²) in [5.41, 5.74) is 6.00. The molecule has 4 atom stereocenters. The number of imidazole rings is 1. The van der Waals surface area contributed by atoms with E-state index in [1.165, 1.54) is 26.4 Å². The van der Waals surface area contributed by atoms with Gasteiger partial charge in [0.25, 0.3) is 0 Å². The number of aromatic amines is 1. The van der Waals surface area contributed by atoms with E-state index < -0.39 is 47.9 Å². The van der Waals surface area contributed by atoms with E-state index in [4.69, 9.17) is 5.73 Å². The number of carbonyl (C=O) groups is 4. The molecule has 0 fully saturated rings. The van der Waals surface area contributed by atoms with Crippen molar-refractivity contribution in [2.75, 3.05) is 0 Å². The number of hydrogen-bond donors (Lipinski definition) is 6. The number of nitrogens with one attached hydrogen (secondary N) is 4. The van der Waals surface area contributed by atoms with Gasteiger partial charge in [0.05, 0.1) is 12.4 Å². The van der Waals surface area contributed by atoms with Crippen LogP contribution in [0.3, 0.4) is 0 Å². The largest absolute Gasteiger partial charge is 0.480 e. The molecule has 0 aliphatic rings. The first-order valence-corrected chi connectivity index (χ1v) is 8.89. The molecule has 0 radical (unpaired) electrons. The summed E-state index contributed by atoms with van der Waals surface area (Å²) in [6.07, 6.45) is 2.89. The number of aromatic nitrogens is 2. The number of hydrogen-bond acceptors (Lipinski definition) is 6. The second-order valence-electron chi connectivity index (χ2n) is 6.93. The van der Waals surface area contributed by atoms with Gasteiger partial charge in [-0.25, -0.2) is 9.78 Å². The van der Waals surface area contributed by atoms with Crippen LogP contribution in [0.15, 0.2) is 12.5 Å². The zero-order chi connectivity index (χ0) is 21.4. The zero-order valence-corrected chi connectivity index (χ0v) is 16.4. The van der Waals surface area contributed by atoms with Crippen molar-refractivity contribution in [3.8, 4) is 0 Å². The third-order valence-corrected chi connectivity index (χ3v) is 4.01. The molecular weight excluding hydrogens is 368 g/mol. The van der Waals surface area contributed by atoms with E-state index in [9.17, 15) is 24.3 Å². The summed E-state index contributed by atoms with van der Waals surface area (Å²) in [7, 11) is 0. The minimum Gasteiger partial charge on any atom is -0.480 e. The van der Waals surface area contributed by atoms with Crippen molar-refractivity contribution in [1.82, 2.24) is 25.9 Å². The second kappa shape index (κ2) is 10.4. The van der Waals surface area contributed by atoms with E-state index in [-0.39, 0.29) is 12.3 Å². The number of nitrogens with two attached hydrogens (primary N) is 1. The van der Waals surface area contributed by atoms with Gasteiger partial charge < -0.3 is 31.8 Å². The Kier molecular flexibility index (Phi) is 8.58. The minimum absolute atomic E-state index is 0.0146. The number of carboxylic acids is 1. The lowest BCUT2D eigenvalue weighted by Gasteiger charge is -2.25. The first-order chi connectivity index (χ1) is 13.0. The molecule has 0 aliphatic carbocycles. The van der Waals surface area contributed by atoms with E-state index in [0.29, 0.717) is 5.69 Å². The molecule has 1 heterocycles. The van der Waals surface area contributed by atoms with E-state index in [1.54, 1.807) is 13.8 Å². The molecule has 4 unspecified atom stereocenters. The number of carboxylic acid groups (broad SMARTS) is 1. The van der Waals surface area contributed by atoms with Crippen molar-refractivity contribution in [3.05, 3.63) is 18.2 Å². The lowest BCUT2D eigenvalue weighted by molar-refractivity contribution is -0.142. The molecule has 7 N–H and O–H groups in total. The summed E-state index contributed by atoms with van der Waals surface area (Å²) < 4.78 is 0. The van der Waals surface area contributed by atoms with Crippen molar-refractivity contribution in [3.63, 3.8) is 0 Å². The van der Waals surface area contributed by atoms with Crippen LogP contribution in [0.5, 0.6) is 0 Å². The average molecular weight is 396 g/mol. The van der Waals surface area contributed by atoms with Crippen molar-refractivity contribution in [2.24, 2.45) is 11.7 Å². The summed E-state index contributed by atoms with van der Waals surface area (Å²) in [5.74, 6) is -3.25. The first kappa shape index (κ1) is 23.1. The number of amides is 3. The van der Waals surface area contributed by atoms with Crippen LogP contribution in [0, 0.1) is 5.92 Å². The van der Waals surface area contributed by atoms with Gasteiger partial charge in [0.2, 0.25) is 17.7 Å². The number of aliphatic carboxylic acids is 1. The fourth-order valence-corrected chi connectivity index (χ4v) is 2.30. The summed E-state index contributed by atoms with van der Waals surface area (Å²) in [5, 5.41) is 16.8. The Morgan fingerprint density at radius 1 is 1.07 bits per heavy atom. The van der Waals surface area contributed by atoms with Crippen LogP contribution in [0.4, 0.5) is 0 Å². The van der Waals surface area contributed by atoms with Crippen LogP contribution in [-0.4, -0.2) is 62.9 Å². The molecule has 11 heteroatoms. The molecule has 1 aromatic heterocycles. The summed E-state index contributed by atoms with van der Waals surface area (Å²) in [6.45, 7) is 6.36. The lowest BCUT2D eigenvalue weighted by atomic mass is 10.0. The van der Waals surface area contributed by atoms with Crippen LogP contribution in [0.1, 0.15) is 33.4 Å². The topological polar surface area (TPSA) is 179 Å². The maximum absolute atomic E-state index is 12.6. The molecule has 0 spiro atoms. The molecule has 11 nitrogen and oxygen atoms in total. The summed E-state index contributed by atoms with van der Waals surface area (Å²) in [6, 6.07) is -3.86. The molecular formula is C17H28N6O5. The molecule has 0 saturated carbocycles. The van der Waals surface area contributed by atoms with E-state index in [2.05, 4.69) is 25.9 Å². The monoisotopic (exact) mass is 396 g/mol. The van der Waals surface area contributed by atoms with Crippen molar-refractivity contribution < 1.29 is 24.3 Å². The third kappa shape index (κ3) is 6.99. The lowest BCUT2D eigenvalue weighted by Crippen LogP contribution is -2.57. The van der Waals surface area contributed by atoms with Crippen LogP contribution < -0.4 is 21.7 Å². The van der Waals surface area contributed by atoms with E-state index in [0.717, 1.165) is 0 Å². The SMILES string of the molecule is CC(N)C(=O)NC(C)C(=O)NC(C(=O)NC(Cc1cnc[nH]1)C(=O)O)C(C)C. The summed E-state index contributed by atoms with van der Waals surface area (Å²) in [4.78, 5) is 54.6. The normalized spacial score (nSPS) is 15.2. The van der Waals surface area contributed by atoms with Gasteiger partial charge in [-0.3, -0.25) is 14.4 Å². The smallest absolute Gasteiger partial charge is 0.326 e. The molecule has 0 aromatic carbocycles. The van der Waals surface area contributed by atoms with E-state index in [1.807, 2.05) is 0 Å². The highest BCUT2D eigenvalue weighted by Crippen LogP contribution is 2.05. The van der Waals surface area contributed by atoms with Gasteiger partial charge in [0, 0.05) is 18.3 Å². The van der Waals surface area contributed by atoms with Gasteiger partial charge in [-0.2, -0.15) is 0 Å². The predicted molar refractivity (Wildman–Crippen MR) is 99.9 cm³/mol. The highest BCUT2D eigenvalue weighted by atomic mass is 16.4. The predicted octanol–water partition coefficient (Wildman–Crippen LogP) is -1.49. The maximum atomic E-state index is 12.6. The fourth-order valence-electron chi connectivity index (χ4n) is 2.30. The number of H-pyrrole nitrogens is 1. The highest BCUT2D eigenvalue weighted by molar-refractivity contribution is 5.93. The van der Waals surface area contributed by atoms with Gasteiger partial charge in [0.15, 0.2) is 0 Å². The molecule has 3 amide bonds. The number of nitrogens with zero attached hydrogens (tertiary/aromatic N) is 1. The van der Waals surface area contributed by atoms with Crippen LogP contribution in [0.25, 0.3) is 0 Å². The molecule has 0 bridgehead atoms. The third-order valence-electron chi connectivity index (χ3n) is 4.01. The van der Waals surface area contributed by atoms with Gasteiger partial charge in [-0.1, -0.05) is 13.8 Å². The van der Waals surface area contributed by atoms with Crippen molar-refractivity contribution in [2.45, 2.75) is 58.3 Å². The number of carbonyl (C=O) groups excluding carboxylic acids is 3. The average Bonchev–Trinajstić information content (AvgIpc) is 3.11. The quantitative estimate of drug-likeness (QED) is 0.279. The van der Waals surface area contributed by atoms with Gasteiger partial charge in [-0.05, 0) is 19.8 Å². The molecule has 0 aliphatic heterocycles. The van der Waals surface area contributed by atoms with Crippen LogP contribution in [0.2, 0.25) is 0 Å². The molecule has 1 rings (SSSR count). The van der Waals surface area contributed by atoms with E-state index >= 15 is 0 Å². The second-order valence-corrected chi connectivity index (χ2v) is 6.93. The summed E-state index contributed by atoms with van der Waals surface area (Å²) >= 11 is 0. The molecule has 0 saturated heterocycles. The molecule has 156 valence electrons. The molecule has 28 heavy (non-hydrogen) atoms. The van der Waals surface area contributed by atoms with Gasteiger partial charge >= 0.3 is 5.97 Å². The molecule has 1 aromatic rings. The first-order valence-electron chi connectivity index (χ1n) is 8.89. The Bertz CT molecular complexity index is 688. The highest BCUT2D eigenvalue weighted by Gasteiger charge is 2.30. The Balaban J connectivity index is 2.77. The zero-order valence-electron chi connectivity index (χ0n) is 16.4. The van der Waals surface area contributed by atoms with Crippen LogP contribution >= 0.6 is 0 Å². The van der Waals surface area contributed by atoms with Crippen molar-refractivity contribution in [1.29, 1.82) is 0 Å². The van der Waals surface area contributed by atoms with Crippen LogP contribution in [-0.2, 0) is 25.6 Å². The minimum atomic E-state index is -1.21. The Morgan fingerprint density at radius 2 is 1.71 bits per heavy atom.